The van der Waals surface area contributed by atoms with E-state index in [1.807, 2.05) is 19.2 Å². The van der Waals surface area contributed by atoms with Crippen LogP contribution in [-0.4, -0.2) is 37.0 Å². The van der Waals surface area contributed by atoms with Gasteiger partial charge in [-0.3, -0.25) is 9.69 Å². The fourth-order valence-corrected chi connectivity index (χ4v) is 5.04. The van der Waals surface area contributed by atoms with Crippen LogP contribution in [0, 0.1) is 11.8 Å². The van der Waals surface area contributed by atoms with Crippen molar-refractivity contribution in [3.05, 3.63) is 35.4 Å². The summed E-state index contributed by atoms with van der Waals surface area (Å²) >= 11 is 0. The van der Waals surface area contributed by atoms with Crippen molar-refractivity contribution >= 4 is 5.91 Å². The van der Waals surface area contributed by atoms with Crippen LogP contribution in [0.2, 0.25) is 0 Å². The lowest BCUT2D eigenvalue weighted by atomic mass is 9.62. The van der Waals surface area contributed by atoms with E-state index in [0.717, 1.165) is 24.7 Å². The fraction of sp³-hybridized carbons (Fsp3) is 0.632. The Bertz CT molecular complexity index is 597. The van der Waals surface area contributed by atoms with Crippen molar-refractivity contribution < 1.29 is 9.53 Å². The number of methoxy groups -OCH3 is 1. The number of amides is 1. The third-order valence-electron chi connectivity index (χ3n) is 6.23. The first-order valence-corrected chi connectivity index (χ1v) is 8.84. The third kappa shape index (κ3) is 2.39. The van der Waals surface area contributed by atoms with Crippen LogP contribution >= 0.6 is 0 Å². The molecule has 124 valence electrons. The molecule has 2 saturated carbocycles. The fourth-order valence-electron chi connectivity index (χ4n) is 5.04. The van der Waals surface area contributed by atoms with Gasteiger partial charge in [0.25, 0.3) is 0 Å². The number of likely N-dealkylation sites (tertiary alicyclic amines) is 1. The van der Waals surface area contributed by atoms with Crippen LogP contribution in [0.1, 0.15) is 48.0 Å². The molecule has 4 nitrogen and oxygen atoms in total. The van der Waals surface area contributed by atoms with Gasteiger partial charge in [-0.05, 0) is 43.4 Å². The maximum atomic E-state index is 11.6. The average Bonchev–Trinajstić information content (AvgIpc) is 3.38. The molecule has 1 aliphatic heterocycles. The van der Waals surface area contributed by atoms with Crippen LogP contribution in [0.4, 0.5) is 0 Å². The SMILES string of the molecule is COC1(c2cccc(C(N)=O)c2)C2CCCC1CN(C1CC1)C2. The normalized spacial score (nSPS) is 34.3. The minimum atomic E-state index is -0.362. The number of ether oxygens (including phenoxy) is 1. The highest BCUT2D eigenvalue weighted by molar-refractivity contribution is 5.92. The number of nitrogens with two attached hydrogens (primary N) is 1. The van der Waals surface area contributed by atoms with Gasteiger partial charge in [0.2, 0.25) is 5.91 Å². The van der Waals surface area contributed by atoms with Crippen molar-refractivity contribution in [1.82, 2.24) is 4.90 Å². The van der Waals surface area contributed by atoms with E-state index in [4.69, 9.17) is 10.5 Å². The predicted octanol–water partition coefficient (Wildman–Crippen LogP) is 2.52. The number of carbonyl (C=O) groups excluding carboxylic acids is 1. The smallest absolute Gasteiger partial charge is 0.248 e. The van der Waals surface area contributed by atoms with E-state index in [2.05, 4.69) is 11.0 Å². The van der Waals surface area contributed by atoms with E-state index < -0.39 is 0 Å². The maximum Gasteiger partial charge on any atom is 0.248 e. The summed E-state index contributed by atoms with van der Waals surface area (Å²) in [4.78, 5) is 14.3. The largest absolute Gasteiger partial charge is 0.373 e. The molecule has 1 amide bonds. The standard InChI is InChI=1S/C19H26N2O2/c1-23-19(14-5-2-4-13(10-14)18(20)22)15-6-3-7-16(19)12-21(11-15)17-8-9-17/h2,4-5,10,15-17H,3,6-9,11-12H2,1H3,(H2,20,22). The summed E-state index contributed by atoms with van der Waals surface area (Å²) in [6, 6.07) is 8.63. The zero-order chi connectivity index (χ0) is 16.0. The molecule has 3 aliphatic rings. The highest BCUT2D eigenvalue weighted by Gasteiger charge is 2.54. The van der Waals surface area contributed by atoms with Gasteiger partial charge in [-0.25, -0.2) is 0 Å². The van der Waals surface area contributed by atoms with Gasteiger partial charge in [0.1, 0.15) is 5.60 Å². The van der Waals surface area contributed by atoms with Gasteiger partial charge in [-0.15, -0.1) is 0 Å². The molecule has 2 N–H and O–H groups in total. The van der Waals surface area contributed by atoms with Crippen molar-refractivity contribution in [2.75, 3.05) is 20.2 Å². The summed E-state index contributed by atoms with van der Waals surface area (Å²) in [6.45, 7) is 2.24. The average molecular weight is 314 g/mol. The van der Waals surface area contributed by atoms with Gasteiger partial charge < -0.3 is 10.5 Å². The Hall–Kier alpha value is -1.39. The molecular formula is C19H26N2O2. The number of fused-ring (bicyclic) bond motifs is 2. The molecule has 2 bridgehead atoms. The Morgan fingerprint density at radius 2 is 1.91 bits per heavy atom. The summed E-state index contributed by atoms with van der Waals surface area (Å²) in [5, 5.41) is 0. The van der Waals surface area contributed by atoms with E-state index in [1.165, 1.54) is 32.1 Å². The van der Waals surface area contributed by atoms with Crippen molar-refractivity contribution in [1.29, 1.82) is 0 Å². The van der Waals surface area contributed by atoms with Gasteiger partial charge >= 0.3 is 0 Å². The topological polar surface area (TPSA) is 55.6 Å². The summed E-state index contributed by atoms with van der Waals surface area (Å²) in [5.41, 5.74) is 6.96. The number of carbonyl (C=O) groups is 1. The number of hydrogen-bond donors (Lipinski definition) is 1. The molecule has 0 spiro atoms. The third-order valence-corrected chi connectivity index (χ3v) is 6.23. The first kappa shape index (κ1) is 15.2. The summed E-state index contributed by atoms with van der Waals surface area (Å²) in [6.07, 6.45) is 6.41. The maximum absolute atomic E-state index is 11.6. The van der Waals surface area contributed by atoms with E-state index in [1.54, 1.807) is 6.07 Å². The van der Waals surface area contributed by atoms with Crippen LogP contribution in [0.15, 0.2) is 24.3 Å². The van der Waals surface area contributed by atoms with Crippen LogP contribution < -0.4 is 5.73 Å². The first-order valence-electron chi connectivity index (χ1n) is 8.84. The Labute approximate surface area is 138 Å². The first-order chi connectivity index (χ1) is 11.1. The van der Waals surface area contributed by atoms with E-state index in [0.29, 0.717) is 17.4 Å². The van der Waals surface area contributed by atoms with Crippen LogP contribution in [0.5, 0.6) is 0 Å². The van der Waals surface area contributed by atoms with Crippen molar-refractivity contribution in [2.24, 2.45) is 17.6 Å². The summed E-state index contributed by atoms with van der Waals surface area (Å²) in [5.74, 6) is 0.645. The zero-order valence-electron chi connectivity index (χ0n) is 13.8. The molecule has 2 atom stereocenters. The minimum absolute atomic E-state index is 0.255. The second-order valence-corrected chi connectivity index (χ2v) is 7.45. The van der Waals surface area contributed by atoms with E-state index in [-0.39, 0.29) is 11.5 Å². The van der Waals surface area contributed by atoms with Crippen molar-refractivity contribution in [2.45, 2.75) is 43.7 Å². The predicted molar refractivity (Wildman–Crippen MR) is 89.1 cm³/mol. The number of hydrogen-bond acceptors (Lipinski definition) is 3. The molecule has 0 aromatic heterocycles. The Kier molecular flexibility index (Phi) is 3.69. The van der Waals surface area contributed by atoms with Gasteiger partial charge in [0, 0.05) is 43.6 Å². The molecule has 2 aliphatic carbocycles. The highest BCUT2D eigenvalue weighted by Crippen LogP contribution is 2.52. The molecule has 1 saturated heterocycles. The van der Waals surface area contributed by atoms with Gasteiger partial charge in [0.15, 0.2) is 0 Å². The van der Waals surface area contributed by atoms with Gasteiger partial charge in [-0.2, -0.15) is 0 Å². The molecule has 1 heterocycles. The number of nitrogens with zero attached hydrogens (tertiary/aromatic N) is 1. The molecule has 4 heteroatoms. The molecule has 4 rings (SSSR count). The minimum Gasteiger partial charge on any atom is -0.373 e. The molecule has 1 aromatic rings. The Morgan fingerprint density at radius 3 is 2.48 bits per heavy atom. The lowest BCUT2D eigenvalue weighted by Gasteiger charge is -2.55. The molecule has 2 unspecified atom stereocenters. The van der Waals surface area contributed by atoms with Gasteiger partial charge in [-0.1, -0.05) is 18.6 Å². The van der Waals surface area contributed by atoms with Gasteiger partial charge in [0.05, 0.1) is 0 Å². The second kappa shape index (κ2) is 5.60. The summed E-state index contributed by atoms with van der Waals surface area (Å²) in [7, 11) is 1.84. The number of piperidine rings is 1. The number of benzene rings is 1. The van der Waals surface area contributed by atoms with E-state index in [9.17, 15) is 4.79 Å². The van der Waals surface area contributed by atoms with Crippen molar-refractivity contribution in [3.8, 4) is 0 Å². The number of primary amides is 1. The van der Waals surface area contributed by atoms with Crippen molar-refractivity contribution in [3.63, 3.8) is 0 Å². The summed E-state index contributed by atoms with van der Waals surface area (Å²) < 4.78 is 6.24. The zero-order valence-corrected chi connectivity index (χ0v) is 13.8. The van der Waals surface area contributed by atoms with Crippen LogP contribution in [0.25, 0.3) is 0 Å². The molecule has 3 fully saturated rings. The van der Waals surface area contributed by atoms with E-state index >= 15 is 0 Å². The quantitative estimate of drug-likeness (QED) is 0.929. The van der Waals surface area contributed by atoms with Crippen LogP contribution in [0.3, 0.4) is 0 Å². The molecule has 1 aromatic carbocycles. The van der Waals surface area contributed by atoms with Crippen LogP contribution in [-0.2, 0) is 10.3 Å². The Balaban J connectivity index is 1.73. The number of rotatable bonds is 4. The molecule has 0 radical (unpaired) electrons. The monoisotopic (exact) mass is 314 g/mol. The highest BCUT2D eigenvalue weighted by atomic mass is 16.5. The molecule has 23 heavy (non-hydrogen) atoms. The lowest BCUT2D eigenvalue weighted by molar-refractivity contribution is -0.170. The lowest BCUT2D eigenvalue weighted by Crippen LogP contribution is -2.59. The second-order valence-electron chi connectivity index (χ2n) is 7.45. The Morgan fingerprint density at radius 1 is 1.22 bits per heavy atom. The molecular weight excluding hydrogens is 288 g/mol.